The van der Waals surface area contributed by atoms with E-state index in [4.69, 9.17) is 11.6 Å². The van der Waals surface area contributed by atoms with Gasteiger partial charge < -0.3 is 4.55 Å². The van der Waals surface area contributed by atoms with Gasteiger partial charge in [-0.1, -0.05) is 11.6 Å². The molecule has 1 heterocycles. The quantitative estimate of drug-likeness (QED) is 0.710. The van der Waals surface area contributed by atoms with E-state index in [1.807, 2.05) is 0 Å². The van der Waals surface area contributed by atoms with Crippen LogP contribution in [0.2, 0.25) is 5.02 Å². The van der Waals surface area contributed by atoms with E-state index in [9.17, 15) is 21.9 Å². The van der Waals surface area contributed by atoms with Gasteiger partial charge in [0.2, 0.25) is 0 Å². The topological polar surface area (TPSA) is 53.0 Å². The predicted molar refractivity (Wildman–Crippen MR) is 41.4 cm³/mol. The fourth-order valence-electron chi connectivity index (χ4n) is 0.703. The second kappa shape index (κ2) is 3.84. The summed E-state index contributed by atoms with van der Waals surface area (Å²) in [6.45, 7) is 0. The Morgan fingerprint density at radius 1 is 1.50 bits per heavy atom. The number of hydrogen-bond acceptors (Lipinski definition) is 3. The number of pyridine rings is 1. The second-order valence-electron chi connectivity index (χ2n) is 2.24. The lowest BCUT2D eigenvalue weighted by Gasteiger charge is -2.09. The molecule has 0 aliphatic heterocycles. The zero-order valence-electron chi connectivity index (χ0n) is 6.34. The minimum absolute atomic E-state index is 0.414. The fraction of sp³-hybridized carbons (Fsp3) is 0.167. The summed E-state index contributed by atoms with van der Waals surface area (Å²) in [5, 5.41) is -1.15. The Kier molecular flexibility index (Phi) is 3.13. The van der Waals surface area contributed by atoms with Crippen LogP contribution in [0, 0.1) is 0 Å². The van der Waals surface area contributed by atoms with Crippen molar-refractivity contribution in [1.82, 2.24) is 4.98 Å². The SMILES string of the molecule is O=S([O-])c1ncc(C(F)(F)F)cc1Cl. The Labute approximate surface area is 84.2 Å². The third-order valence-electron chi connectivity index (χ3n) is 1.29. The van der Waals surface area contributed by atoms with Gasteiger partial charge in [0.05, 0.1) is 10.6 Å². The summed E-state index contributed by atoms with van der Waals surface area (Å²) < 4.78 is 56.9. The van der Waals surface area contributed by atoms with Crippen molar-refractivity contribution >= 4 is 22.7 Å². The van der Waals surface area contributed by atoms with Gasteiger partial charge >= 0.3 is 6.18 Å². The molecule has 0 fully saturated rings. The minimum Gasteiger partial charge on any atom is -0.767 e. The maximum atomic E-state index is 12.0. The summed E-state index contributed by atoms with van der Waals surface area (Å²) in [6, 6.07) is 0.514. The number of hydrogen-bond donors (Lipinski definition) is 0. The Hall–Kier alpha value is -0.660. The van der Waals surface area contributed by atoms with Crippen LogP contribution in [-0.4, -0.2) is 13.7 Å². The smallest absolute Gasteiger partial charge is 0.417 e. The van der Waals surface area contributed by atoms with E-state index in [1.165, 1.54) is 0 Å². The van der Waals surface area contributed by atoms with Crippen LogP contribution in [0.3, 0.4) is 0 Å². The maximum absolute atomic E-state index is 12.0. The van der Waals surface area contributed by atoms with E-state index in [-0.39, 0.29) is 0 Å². The van der Waals surface area contributed by atoms with Gasteiger partial charge in [0.15, 0.2) is 0 Å². The van der Waals surface area contributed by atoms with Crippen molar-refractivity contribution in [3.8, 4) is 0 Å². The molecular weight excluding hydrogens is 243 g/mol. The van der Waals surface area contributed by atoms with Crippen molar-refractivity contribution in [2.45, 2.75) is 11.2 Å². The first-order chi connectivity index (χ1) is 6.32. The van der Waals surface area contributed by atoms with E-state index in [0.717, 1.165) is 0 Å². The molecule has 0 saturated carbocycles. The molecule has 1 atom stereocenters. The third-order valence-corrected chi connectivity index (χ3v) is 2.33. The van der Waals surface area contributed by atoms with Crippen LogP contribution < -0.4 is 0 Å². The summed E-state index contributed by atoms with van der Waals surface area (Å²) >= 11 is 2.54. The molecule has 0 radical (unpaired) electrons. The van der Waals surface area contributed by atoms with Gasteiger partial charge in [0, 0.05) is 6.20 Å². The highest BCUT2D eigenvalue weighted by molar-refractivity contribution is 7.79. The molecule has 78 valence electrons. The molecule has 8 heteroatoms. The van der Waals surface area contributed by atoms with Crippen molar-refractivity contribution in [3.63, 3.8) is 0 Å². The van der Waals surface area contributed by atoms with E-state index in [1.54, 1.807) is 0 Å². The molecule has 1 rings (SSSR count). The zero-order chi connectivity index (χ0) is 10.9. The Morgan fingerprint density at radius 2 is 2.07 bits per heavy atom. The zero-order valence-corrected chi connectivity index (χ0v) is 7.91. The van der Waals surface area contributed by atoms with Crippen LogP contribution in [0.25, 0.3) is 0 Å². The van der Waals surface area contributed by atoms with Crippen molar-refractivity contribution in [3.05, 3.63) is 22.8 Å². The number of halogens is 4. The molecule has 0 spiro atoms. The van der Waals surface area contributed by atoms with Gasteiger partial charge in [-0.05, 0) is 17.1 Å². The normalized spacial score (nSPS) is 14.1. The van der Waals surface area contributed by atoms with Crippen LogP contribution in [0.1, 0.15) is 5.56 Å². The molecule has 1 aromatic rings. The standard InChI is InChI=1S/C6H3ClF3NO2S/c7-4-1-3(6(8,9)10)2-11-5(4)14(12)13/h1-2H,(H,12,13)/p-1. The van der Waals surface area contributed by atoms with Crippen LogP contribution >= 0.6 is 11.6 Å². The summed E-state index contributed by atoms with van der Waals surface area (Å²) in [5.74, 6) is 0. The first kappa shape index (κ1) is 11.4. The van der Waals surface area contributed by atoms with Gasteiger partial charge in [-0.3, -0.25) is 4.21 Å². The molecule has 14 heavy (non-hydrogen) atoms. The van der Waals surface area contributed by atoms with Crippen LogP contribution in [0.4, 0.5) is 13.2 Å². The molecule has 1 unspecified atom stereocenters. The average molecular weight is 245 g/mol. The first-order valence-electron chi connectivity index (χ1n) is 3.14. The molecular formula is C6H2ClF3NO2S-. The maximum Gasteiger partial charge on any atom is 0.417 e. The van der Waals surface area contributed by atoms with E-state index < -0.39 is 32.9 Å². The average Bonchev–Trinajstić information content (AvgIpc) is 2.01. The monoisotopic (exact) mass is 244 g/mol. The summed E-state index contributed by atoms with van der Waals surface area (Å²) in [5.41, 5.74) is -1.09. The fourth-order valence-corrected chi connectivity index (χ4v) is 1.42. The molecule has 0 bridgehead atoms. The highest BCUT2D eigenvalue weighted by atomic mass is 35.5. The van der Waals surface area contributed by atoms with Crippen molar-refractivity contribution in [2.24, 2.45) is 0 Å². The highest BCUT2D eigenvalue weighted by Crippen LogP contribution is 2.31. The minimum atomic E-state index is -4.58. The summed E-state index contributed by atoms with van der Waals surface area (Å²) in [6.07, 6.45) is -4.17. The van der Waals surface area contributed by atoms with Crippen molar-refractivity contribution in [1.29, 1.82) is 0 Å². The molecule has 0 aliphatic rings. The number of rotatable bonds is 1. The largest absolute Gasteiger partial charge is 0.767 e. The van der Waals surface area contributed by atoms with E-state index in [0.29, 0.717) is 12.3 Å². The molecule has 1 aromatic heterocycles. The molecule has 0 N–H and O–H groups in total. The van der Waals surface area contributed by atoms with Gasteiger partial charge in [-0.15, -0.1) is 0 Å². The summed E-state index contributed by atoms with van der Waals surface area (Å²) in [7, 11) is 0. The first-order valence-corrected chi connectivity index (χ1v) is 4.59. The van der Waals surface area contributed by atoms with Gasteiger partial charge in [0.25, 0.3) is 0 Å². The van der Waals surface area contributed by atoms with Crippen molar-refractivity contribution < 1.29 is 21.9 Å². The highest BCUT2D eigenvalue weighted by Gasteiger charge is 2.31. The van der Waals surface area contributed by atoms with Crippen LogP contribution in [0.5, 0.6) is 0 Å². The van der Waals surface area contributed by atoms with Gasteiger partial charge in [-0.25, -0.2) is 4.98 Å². The number of aromatic nitrogens is 1. The molecule has 0 aliphatic carbocycles. The van der Waals surface area contributed by atoms with Crippen LogP contribution in [0.15, 0.2) is 17.3 Å². The number of nitrogens with zero attached hydrogens (tertiary/aromatic N) is 1. The second-order valence-corrected chi connectivity index (χ2v) is 3.51. The van der Waals surface area contributed by atoms with Gasteiger partial charge in [0.1, 0.15) is 5.03 Å². The Morgan fingerprint density at radius 3 is 2.43 bits per heavy atom. The molecule has 0 amide bonds. The lowest BCUT2D eigenvalue weighted by Crippen LogP contribution is -2.07. The summed E-state index contributed by atoms with van der Waals surface area (Å²) in [4.78, 5) is 3.08. The lowest BCUT2D eigenvalue weighted by atomic mass is 10.3. The van der Waals surface area contributed by atoms with Crippen LogP contribution in [-0.2, 0) is 17.3 Å². The van der Waals surface area contributed by atoms with Gasteiger partial charge in [-0.2, -0.15) is 13.2 Å². The number of alkyl halides is 3. The third kappa shape index (κ3) is 2.43. The lowest BCUT2D eigenvalue weighted by molar-refractivity contribution is -0.137. The molecule has 3 nitrogen and oxygen atoms in total. The van der Waals surface area contributed by atoms with E-state index in [2.05, 4.69) is 4.98 Å². The van der Waals surface area contributed by atoms with E-state index >= 15 is 0 Å². The Balaban J connectivity index is 3.20. The molecule has 0 aromatic carbocycles. The predicted octanol–water partition coefficient (Wildman–Crippen LogP) is 1.99. The Bertz CT molecular complexity index is 382. The van der Waals surface area contributed by atoms with Crippen molar-refractivity contribution in [2.75, 3.05) is 0 Å². The molecule has 0 saturated heterocycles.